The van der Waals surface area contributed by atoms with Crippen molar-refractivity contribution >= 4 is 32.4 Å². The highest BCUT2D eigenvalue weighted by atomic mass is 32.2. The molecule has 0 fully saturated rings. The van der Waals surface area contributed by atoms with Crippen LogP contribution < -0.4 is 0 Å². The van der Waals surface area contributed by atoms with Crippen molar-refractivity contribution in [3.05, 3.63) is 0 Å². The second-order valence-corrected chi connectivity index (χ2v) is 2.92. The van der Waals surface area contributed by atoms with Crippen molar-refractivity contribution < 1.29 is 13.2 Å². The van der Waals surface area contributed by atoms with Crippen molar-refractivity contribution in [2.75, 3.05) is 0 Å². The normalized spacial score (nSPS) is 10.3. The minimum atomic E-state index is -3.65. The zero-order valence-corrected chi connectivity index (χ0v) is 4.83. The van der Waals surface area contributed by atoms with Gasteiger partial charge in [0.05, 0.1) is 0 Å². The molecule has 7 heavy (non-hydrogen) atoms. The van der Waals surface area contributed by atoms with Gasteiger partial charge in [-0.2, -0.15) is 0 Å². The van der Waals surface area contributed by atoms with E-state index in [0.29, 0.717) is 4.70 Å². The van der Waals surface area contributed by atoms with E-state index in [-0.39, 0.29) is 5.62 Å². The standard InChI is InChI=1S/C2H2O3S2/c3-1-7(4,5)2-6/h1-2H. The second kappa shape index (κ2) is 2.13. The van der Waals surface area contributed by atoms with Gasteiger partial charge in [0.25, 0.3) is 0 Å². The van der Waals surface area contributed by atoms with E-state index in [1.54, 1.807) is 0 Å². The molecule has 0 aliphatic carbocycles. The number of hydrogen-bond acceptors (Lipinski definition) is 4. The molecule has 0 saturated heterocycles. The number of carbonyl (C=O) groups excluding carboxylic acids is 1. The maximum atomic E-state index is 9.84. The Labute approximate surface area is 46.2 Å². The van der Waals surface area contributed by atoms with E-state index >= 15 is 0 Å². The first kappa shape index (κ1) is 6.71. The fourth-order valence-electron chi connectivity index (χ4n) is 0.0227. The summed E-state index contributed by atoms with van der Waals surface area (Å²) >= 11 is 3.94. The zero-order chi connectivity index (χ0) is 5.91. The Balaban J connectivity index is 4.49. The molecule has 0 aliphatic heterocycles. The maximum Gasteiger partial charge on any atom is 0.240 e. The van der Waals surface area contributed by atoms with E-state index < -0.39 is 9.84 Å². The molecular formula is C2H2O3S2. The van der Waals surface area contributed by atoms with Gasteiger partial charge in [-0.1, -0.05) is 12.2 Å². The summed E-state index contributed by atoms with van der Waals surface area (Å²) in [6.45, 7) is 0. The molecule has 0 heterocycles. The number of carbonyl (C=O) groups is 1. The van der Waals surface area contributed by atoms with Crippen LogP contribution in [-0.2, 0) is 14.6 Å². The van der Waals surface area contributed by atoms with Crippen molar-refractivity contribution in [2.45, 2.75) is 0 Å². The Kier molecular flexibility index (Phi) is 2.04. The van der Waals surface area contributed by atoms with E-state index in [2.05, 4.69) is 12.2 Å². The van der Waals surface area contributed by atoms with Crippen molar-refractivity contribution in [1.29, 1.82) is 0 Å². The lowest BCUT2D eigenvalue weighted by Crippen LogP contribution is -1.97. The lowest BCUT2D eigenvalue weighted by Gasteiger charge is -1.71. The van der Waals surface area contributed by atoms with Crippen LogP contribution in [0.2, 0.25) is 0 Å². The van der Waals surface area contributed by atoms with Gasteiger partial charge in [-0.25, -0.2) is 8.42 Å². The van der Waals surface area contributed by atoms with Gasteiger partial charge in [-0.15, -0.1) is 0 Å². The molecule has 0 bridgehead atoms. The van der Waals surface area contributed by atoms with E-state index in [1.165, 1.54) is 0 Å². The Morgan fingerprint density at radius 1 is 1.43 bits per heavy atom. The Bertz CT molecular complexity index is 151. The predicted octanol–water partition coefficient (Wildman–Crippen LogP) is -0.451. The molecule has 0 rings (SSSR count). The molecule has 0 radical (unpaired) electrons. The molecule has 0 saturated carbocycles. The zero-order valence-electron chi connectivity index (χ0n) is 3.20. The minimum Gasteiger partial charge on any atom is -0.285 e. The summed E-state index contributed by atoms with van der Waals surface area (Å²) < 4.78 is 20.1. The molecule has 0 atom stereocenters. The summed E-state index contributed by atoms with van der Waals surface area (Å²) in [5.74, 6) is 0. The monoisotopic (exact) mass is 138 g/mol. The molecule has 0 aromatic heterocycles. The van der Waals surface area contributed by atoms with Crippen molar-refractivity contribution in [3.63, 3.8) is 0 Å². The van der Waals surface area contributed by atoms with E-state index in [9.17, 15) is 13.2 Å². The van der Waals surface area contributed by atoms with E-state index in [0.717, 1.165) is 0 Å². The van der Waals surface area contributed by atoms with Crippen LogP contribution in [0.25, 0.3) is 0 Å². The first-order valence-corrected chi connectivity index (χ1v) is 3.36. The Morgan fingerprint density at radius 3 is 1.86 bits per heavy atom. The lowest BCUT2D eigenvalue weighted by molar-refractivity contribution is 0.559. The number of thiocarbonyl (C=S) groups is 1. The molecule has 0 N–H and O–H groups in total. The van der Waals surface area contributed by atoms with E-state index in [4.69, 9.17) is 0 Å². The molecule has 0 spiro atoms. The average Bonchev–Trinajstić information content (AvgIpc) is 1.68. The summed E-state index contributed by atoms with van der Waals surface area (Å²) in [5, 5.41) is 0. The lowest BCUT2D eigenvalue weighted by atomic mass is 11.8. The van der Waals surface area contributed by atoms with Crippen LogP contribution in [0.15, 0.2) is 0 Å². The predicted molar refractivity (Wildman–Crippen MR) is 29.3 cm³/mol. The molecule has 0 unspecified atom stereocenters. The molecule has 0 aromatic rings. The van der Waals surface area contributed by atoms with Gasteiger partial charge in [0.2, 0.25) is 15.5 Å². The third kappa shape index (κ3) is 2.41. The van der Waals surface area contributed by atoms with Crippen LogP contribution in [-0.4, -0.2) is 18.7 Å². The molecule has 0 aliphatic rings. The van der Waals surface area contributed by atoms with Gasteiger partial charge in [-0.3, -0.25) is 4.79 Å². The fourth-order valence-corrected chi connectivity index (χ4v) is 0.204. The quantitative estimate of drug-likeness (QED) is 0.383. The van der Waals surface area contributed by atoms with Crippen molar-refractivity contribution in [2.24, 2.45) is 0 Å². The molecule has 3 nitrogen and oxygen atoms in total. The van der Waals surface area contributed by atoms with Gasteiger partial charge in [-0.05, 0) is 0 Å². The molecule has 0 amide bonds. The fraction of sp³-hybridized carbons (Fsp3) is 0. The highest BCUT2D eigenvalue weighted by Gasteiger charge is 1.97. The topological polar surface area (TPSA) is 51.2 Å². The first-order chi connectivity index (χ1) is 3.12. The second-order valence-electron chi connectivity index (χ2n) is 0.781. The van der Waals surface area contributed by atoms with Gasteiger partial charge < -0.3 is 0 Å². The van der Waals surface area contributed by atoms with Crippen LogP contribution in [0.5, 0.6) is 0 Å². The van der Waals surface area contributed by atoms with Crippen molar-refractivity contribution in [1.82, 2.24) is 0 Å². The molecular weight excluding hydrogens is 136 g/mol. The molecule has 0 aromatic carbocycles. The summed E-state index contributed by atoms with van der Waals surface area (Å²) in [6, 6.07) is 0. The summed E-state index contributed by atoms with van der Waals surface area (Å²) in [7, 11) is -3.65. The minimum absolute atomic E-state index is 0.194. The number of sulfone groups is 1. The van der Waals surface area contributed by atoms with Crippen molar-refractivity contribution in [3.8, 4) is 0 Å². The summed E-state index contributed by atoms with van der Waals surface area (Å²) in [5.41, 5.74) is -0.194. The van der Waals surface area contributed by atoms with Crippen LogP contribution in [0.1, 0.15) is 0 Å². The van der Waals surface area contributed by atoms with Gasteiger partial charge in [0.15, 0.2) is 0 Å². The highest BCUT2D eigenvalue weighted by molar-refractivity contribution is 8.23. The third-order valence-electron chi connectivity index (χ3n) is 0.268. The third-order valence-corrected chi connectivity index (χ3v) is 1.61. The highest BCUT2D eigenvalue weighted by Crippen LogP contribution is 1.72. The van der Waals surface area contributed by atoms with Crippen LogP contribution in [0.4, 0.5) is 0 Å². The van der Waals surface area contributed by atoms with Crippen LogP contribution in [0, 0.1) is 0 Å². The summed E-state index contributed by atoms with van der Waals surface area (Å²) in [4.78, 5) is 9.37. The maximum absolute atomic E-state index is 9.84. The Morgan fingerprint density at radius 2 is 1.86 bits per heavy atom. The SMILES string of the molecule is O=CS(=O)(=O)C=S. The van der Waals surface area contributed by atoms with E-state index in [1.807, 2.05) is 0 Å². The largest absolute Gasteiger partial charge is 0.285 e. The smallest absolute Gasteiger partial charge is 0.240 e. The van der Waals surface area contributed by atoms with Gasteiger partial charge >= 0.3 is 0 Å². The first-order valence-electron chi connectivity index (χ1n) is 1.28. The molecule has 40 valence electrons. The average molecular weight is 138 g/mol. The number of hydrogen-bond donors (Lipinski definition) is 0. The van der Waals surface area contributed by atoms with Gasteiger partial charge in [0, 0.05) is 0 Å². The Hall–Kier alpha value is -0.290. The molecule has 5 heteroatoms. The van der Waals surface area contributed by atoms with Gasteiger partial charge in [0.1, 0.15) is 4.70 Å². The van der Waals surface area contributed by atoms with Crippen LogP contribution in [0.3, 0.4) is 0 Å². The summed E-state index contributed by atoms with van der Waals surface area (Å²) in [6.07, 6.45) is 0. The number of rotatable bonds is 2. The van der Waals surface area contributed by atoms with Crippen LogP contribution >= 0.6 is 12.2 Å².